The van der Waals surface area contributed by atoms with Crippen LogP contribution in [-0.2, 0) is 19.4 Å². The Morgan fingerprint density at radius 1 is 1.00 bits per heavy atom. The SMILES string of the molecule is COc1cc(OC)cc(C(=O)NCc2ccc3c(c2)CCC3)c1. The van der Waals surface area contributed by atoms with Gasteiger partial charge in [0.05, 0.1) is 14.2 Å². The summed E-state index contributed by atoms with van der Waals surface area (Å²) in [7, 11) is 3.14. The van der Waals surface area contributed by atoms with Crippen LogP contribution in [0.5, 0.6) is 11.5 Å². The van der Waals surface area contributed by atoms with Crippen LogP contribution in [0.3, 0.4) is 0 Å². The Balaban J connectivity index is 1.69. The summed E-state index contributed by atoms with van der Waals surface area (Å²) >= 11 is 0. The summed E-state index contributed by atoms with van der Waals surface area (Å²) in [5, 5.41) is 2.96. The van der Waals surface area contributed by atoms with Crippen LogP contribution in [-0.4, -0.2) is 20.1 Å². The highest BCUT2D eigenvalue weighted by molar-refractivity contribution is 5.95. The summed E-state index contributed by atoms with van der Waals surface area (Å²) in [6.07, 6.45) is 3.55. The Hall–Kier alpha value is -2.49. The van der Waals surface area contributed by atoms with Crippen LogP contribution in [0.15, 0.2) is 36.4 Å². The highest BCUT2D eigenvalue weighted by Gasteiger charge is 2.12. The molecule has 1 aliphatic carbocycles. The predicted molar refractivity (Wildman–Crippen MR) is 89.2 cm³/mol. The first-order valence-corrected chi connectivity index (χ1v) is 7.81. The Morgan fingerprint density at radius 3 is 2.39 bits per heavy atom. The molecule has 2 aromatic carbocycles. The van der Waals surface area contributed by atoms with Gasteiger partial charge in [0.15, 0.2) is 0 Å². The largest absolute Gasteiger partial charge is 0.497 e. The number of aryl methyl sites for hydroxylation is 2. The second kappa shape index (κ2) is 6.73. The van der Waals surface area contributed by atoms with Crippen LogP contribution in [0.25, 0.3) is 0 Å². The zero-order chi connectivity index (χ0) is 16.2. The van der Waals surface area contributed by atoms with Gasteiger partial charge in [0.25, 0.3) is 5.91 Å². The second-order valence-electron chi connectivity index (χ2n) is 5.74. The van der Waals surface area contributed by atoms with E-state index in [1.807, 2.05) is 0 Å². The molecule has 0 unspecified atom stereocenters. The molecule has 0 fully saturated rings. The Kier molecular flexibility index (Phi) is 4.51. The molecule has 0 spiro atoms. The standard InChI is InChI=1S/C19H21NO3/c1-22-17-9-16(10-18(11-17)23-2)19(21)20-12-13-6-7-14-4-3-5-15(14)8-13/h6-11H,3-5,12H2,1-2H3,(H,20,21). The third kappa shape index (κ3) is 3.47. The molecule has 0 atom stereocenters. The first-order valence-electron chi connectivity index (χ1n) is 7.81. The smallest absolute Gasteiger partial charge is 0.251 e. The van der Waals surface area contributed by atoms with E-state index in [0.717, 1.165) is 12.0 Å². The molecule has 0 radical (unpaired) electrons. The van der Waals surface area contributed by atoms with E-state index in [9.17, 15) is 4.79 Å². The summed E-state index contributed by atoms with van der Waals surface area (Å²) in [6.45, 7) is 0.519. The molecule has 4 heteroatoms. The van der Waals surface area contributed by atoms with Crippen molar-refractivity contribution in [2.24, 2.45) is 0 Å². The third-order valence-corrected chi connectivity index (χ3v) is 4.23. The van der Waals surface area contributed by atoms with Crippen molar-refractivity contribution in [3.63, 3.8) is 0 Å². The highest BCUT2D eigenvalue weighted by Crippen LogP contribution is 2.24. The van der Waals surface area contributed by atoms with Gasteiger partial charge in [-0.2, -0.15) is 0 Å². The topological polar surface area (TPSA) is 47.6 Å². The lowest BCUT2D eigenvalue weighted by Gasteiger charge is -2.10. The van der Waals surface area contributed by atoms with Crippen LogP contribution in [0, 0.1) is 0 Å². The van der Waals surface area contributed by atoms with E-state index in [0.29, 0.717) is 23.6 Å². The van der Waals surface area contributed by atoms with Crippen molar-refractivity contribution in [2.45, 2.75) is 25.8 Å². The van der Waals surface area contributed by atoms with E-state index in [4.69, 9.17) is 9.47 Å². The fraction of sp³-hybridized carbons (Fsp3) is 0.316. The maximum atomic E-state index is 12.4. The van der Waals surface area contributed by atoms with E-state index in [2.05, 4.69) is 23.5 Å². The van der Waals surface area contributed by atoms with Crippen LogP contribution in [0.1, 0.15) is 33.5 Å². The summed E-state index contributed by atoms with van der Waals surface area (Å²) in [6, 6.07) is 11.6. The Bertz CT molecular complexity index is 702. The van der Waals surface area contributed by atoms with Gasteiger partial charge in [-0.25, -0.2) is 0 Å². The van der Waals surface area contributed by atoms with Gasteiger partial charge in [-0.05, 0) is 48.1 Å². The van der Waals surface area contributed by atoms with Gasteiger partial charge in [-0.3, -0.25) is 4.79 Å². The zero-order valence-corrected chi connectivity index (χ0v) is 13.5. The molecule has 120 valence electrons. The normalized spacial score (nSPS) is 12.6. The molecule has 0 saturated carbocycles. The van der Waals surface area contributed by atoms with Gasteiger partial charge in [-0.15, -0.1) is 0 Å². The van der Waals surface area contributed by atoms with Crippen molar-refractivity contribution in [3.05, 3.63) is 58.7 Å². The van der Waals surface area contributed by atoms with Gasteiger partial charge >= 0.3 is 0 Å². The van der Waals surface area contributed by atoms with Gasteiger partial charge in [0.1, 0.15) is 11.5 Å². The van der Waals surface area contributed by atoms with Crippen molar-refractivity contribution < 1.29 is 14.3 Å². The molecule has 0 aromatic heterocycles. The molecule has 2 aromatic rings. The molecule has 1 N–H and O–H groups in total. The Morgan fingerprint density at radius 2 is 1.70 bits per heavy atom. The van der Waals surface area contributed by atoms with Crippen LogP contribution < -0.4 is 14.8 Å². The number of nitrogens with one attached hydrogen (secondary N) is 1. The molecule has 1 aliphatic rings. The Labute approximate surface area is 136 Å². The minimum Gasteiger partial charge on any atom is -0.497 e. The molecule has 1 amide bonds. The number of methoxy groups -OCH3 is 2. The van der Waals surface area contributed by atoms with Gasteiger partial charge in [-0.1, -0.05) is 18.2 Å². The number of carbonyl (C=O) groups is 1. The lowest BCUT2D eigenvalue weighted by atomic mass is 10.1. The molecule has 0 aliphatic heterocycles. The number of carbonyl (C=O) groups excluding carboxylic acids is 1. The summed E-state index contributed by atoms with van der Waals surface area (Å²) in [5.41, 5.74) is 4.52. The van der Waals surface area contributed by atoms with Crippen molar-refractivity contribution in [1.82, 2.24) is 5.32 Å². The van der Waals surface area contributed by atoms with E-state index in [1.54, 1.807) is 32.4 Å². The van der Waals surface area contributed by atoms with Gasteiger partial charge < -0.3 is 14.8 Å². The molecular formula is C19H21NO3. The second-order valence-corrected chi connectivity index (χ2v) is 5.74. The first kappa shape index (κ1) is 15.4. The van der Waals surface area contributed by atoms with E-state index in [1.165, 1.54) is 24.0 Å². The van der Waals surface area contributed by atoms with Crippen LogP contribution >= 0.6 is 0 Å². The fourth-order valence-electron chi connectivity index (χ4n) is 2.96. The van der Waals surface area contributed by atoms with Crippen molar-refractivity contribution in [2.75, 3.05) is 14.2 Å². The minimum absolute atomic E-state index is 0.136. The number of fused-ring (bicyclic) bond motifs is 1. The molecule has 0 saturated heterocycles. The summed E-state index contributed by atoms with van der Waals surface area (Å²) in [4.78, 5) is 12.4. The van der Waals surface area contributed by atoms with Gasteiger partial charge in [0, 0.05) is 18.2 Å². The first-order chi connectivity index (χ1) is 11.2. The monoisotopic (exact) mass is 311 g/mol. The fourth-order valence-corrected chi connectivity index (χ4v) is 2.96. The maximum Gasteiger partial charge on any atom is 0.251 e. The van der Waals surface area contributed by atoms with Crippen LogP contribution in [0.2, 0.25) is 0 Å². The van der Waals surface area contributed by atoms with Crippen molar-refractivity contribution in [1.29, 1.82) is 0 Å². The molecule has 23 heavy (non-hydrogen) atoms. The third-order valence-electron chi connectivity index (χ3n) is 4.23. The number of hydrogen-bond acceptors (Lipinski definition) is 3. The lowest BCUT2D eigenvalue weighted by molar-refractivity contribution is 0.0950. The van der Waals surface area contributed by atoms with E-state index in [-0.39, 0.29) is 5.91 Å². The molecular weight excluding hydrogens is 290 g/mol. The molecule has 0 bridgehead atoms. The molecule has 3 rings (SSSR count). The van der Waals surface area contributed by atoms with Gasteiger partial charge in [0.2, 0.25) is 0 Å². The van der Waals surface area contributed by atoms with Crippen molar-refractivity contribution in [3.8, 4) is 11.5 Å². The number of rotatable bonds is 5. The number of ether oxygens (including phenoxy) is 2. The lowest BCUT2D eigenvalue weighted by Crippen LogP contribution is -2.23. The average Bonchev–Trinajstić information content (AvgIpc) is 3.06. The summed E-state index contributed by atoms with van der Waals surface area (Å²) in [5.74, 6) is 1.07. The zero-order valence-electron chi connectivity index (χ0n) is 13.5. The number of amides is 1. The van der Waals surface area contributed by atoms with E-state index < -0.39 is 0 Å². The minimum atomic E-state index is -0.136. The summed E-state index contributed by atoms with van der Waals surface area (Å²) < 4.78 is 10.4. The van der Waals surface area contributed by atoms with Crippen LogP contribution in [0.4, 0.5) is 0 Å². The number of hydrogen-bond donors (Lipinski definition) is 1. The molecule has 0 heterocycles. The average molecular weight is 311 g/mol. The van der Waals surface area contributed by atoms with Crippen molar-refractivity contribution >= 4 is 5.91 Å². The highest BCUT2D eigenvalue weighted by atomic mass is 16.5. The molecule has 4 nitrogen and oxygen atoms in total. The quantitative estimate of drug-likeness (QED) is 0.923. The number of benzene rings is 2. The van der Waals surface area contributed by atoms with E-state index >= 15 is 0 Å². The maximum absolute atomic E-state index is 12.4. The predicted octanol–water partition coefficient (Wildman–Crippen LogP) is 3.12.